The average Bonchev–Trinajstić information content (AvgIpc) is 2.96. The number of hydrogen-bond donors (Lipinski definition) is 0. The van der Waals surface area contributed by atoms with Crippen LogP contribution in [0.4, 0.5) is 0 Å². The van der Waals surface area contributed by atoms with Crippen molar-refractivity contribution in [2.24, 2.45) is 0 Å². The number of esters is 1. The highest BCUT2D eigenvalue weighted by Gasteiger charge is 2.27. The minimum Gasteiger partial charge on any atom is -0.492 e. The van der Waals surface area contributed by atoms with Crippen molar-refractivity contribution in [3.05, 3.63) is 59.7 Å². The standard InChI is InChI=1S/C19H20O4/c1-2-21-19(20)10-15-13-23-18-11-16(8-9-17(15)18)22-12-14-6-4-3-5-7-14/h3-9,11,15H,2,10,12-13H2,1H3. The SMILES string of the molecule is CCOC(=O)CC1COc2cc(OCc3ccccc3)ccc21. The summed E-state index contributed by atoms with van der Waals surface area (Å²) in [6, 6.07) is 15.8. The molecule has 0 aromatic heterocycles. The summed E-state index contributed by atoms with van der Waals surface area (Å²) < 4.78 is 16.5. The highest BCUT2D eigenvalue weighted by molar-refractivity contribution is 5.71. The van der Waals surface area contributed by atoms with Gasteiger partial charge in [0.1, 0.15) is 18.1 Å². The van der Waals surface area contributed by atoms with Gasteiger partial charge in [0.05, 0.1) is 19.6 Å². The lowest BCUT2D eigenvalue weighted by Gasteiger charge is -2.09. The molecular formula is C19H20O4. The van der Waals surface area contributed by atoms with Gasteiger partial charge in [-0.15, -0.1) is 0 Å². The van der Waals surface area contributed by atoms with Crippen molar-refractivity contribution in [1.82, 2.24) is 0 Å². The van der Waals surface area contributed by atoms with E-state index in [4.69, 9.17) is 14.2 Å². The van der Waals surface area contributed by atoms with Gasteiger partial charge < -0.3 is 14.2 Å². The van der Waals surface area contributed by atoms with Crippen LogP contribution in [0.15, 0.2) is 48.5 Å². The first-order chi connectivity index (χ1) is 11.3. The van der Waals surface area contributed by atoms with Crippen LogP contribution in [-0.4, -0.2) is 19.2 Å². The van der Waals surface area contributed by atoms with Gasteiger partial charge in [-0.1, -0.05) is 36.4 Å². The molecule has 23 heavy (non-hydrogen) atoms. The van der Waals surface area contributed by atoms with Gasteiger partial charge in [-0.2, -0.15) is 0 Å². The van der Waals surface area contributed by atoms with Crippen LogP contribution in [-0.2, 0) is 16.1 Å². The number of hydrogen-bond acceptors (Lipinski definition) is 4. The third kappa shape index (κ3) is 3.83. The van der Waals surface area contributed by atoms with E-state index in [1.54, 1.807) is 0 Å². The molecule has 3 rings (SSSR count). The molecule has 0 radical (unpaired) electrons. The van der Waals surface area contributed by atoms with E-state index in [0.29, 0.717) is 26.2 Å². The van der Waals surface area contributed by atoms with Gasteiger partial charge in [-0.25, -0.2) is 0 Å². The number of carbonyl (C=O) groups is 1. The minimum atomic E-state index is -0.182. The summed E-state index contributed by atoms with van der Waals surface area (Å²) in [5.41, 5.74) is 2.17. The molecule has 4 nitrogen and oxygen atoms in total. The van der Waals surface area contributed by atoms with Crippen LogP contribution >= 0.6 is 0 Å². The van der Waals surface area contributed by atoms with Crippen LogP contribution in [0, 0.1) is 0 Å². The van der Waals surface area contributed by atoms with Gasteiger partial charge in [0.25, 0.3) is 0 Å². The van der Waals surface area contributed by atoms with Crippen molar-refractivity contribution < 1.29 is 19.0 Å². The van der Waals surface area contributed by atoms with Crippen molar-refractivity contribution >= 4 is 5.97 Å². The van der Waals surface area contributed by atoms with Gasteiger partial charge in [-0.3, -0.25) is 4.79 Å². The average molecular weight is 312 g/mol. The molecule has 1 atom stereocenters. The van der Waals surface area contributed by atoms with Crippen LogP contribution < -0.4 is 9.47 Å². The molecular weight excluding hydrogens is 292 g/mol. The second kappa shape index (κ2) is 7.18. The number of rotatable bonds is 6. The van der Waals surface area contributed by atoms with Gasteiger partial charge in [0.15, 0.2) is 0 Å². The Morgan fingerprint density at radius 1 is 1.22 bits per heavy atom. The van der Waals surface area contributed by atoms with E-state index in [0.717, 1.165) is 22.6 Å². The summed E-state index contributed by atoms with van der Waals surface area (Å²) in [7, 11) is 0. The van der Waals surface area contributed by atoms with Gasteiger partial charge in [0, 0.05) is 17.5 Å². The quantitative estimate of drug-likeness (QED) is 0.763. The summed E-state index contributed by atoms with van der Waals surface area (Å²) in [5.74, 6) is 1.44. The Kier molecular flexibility index (Phi) is 4.81. The summed E-state index contributed by atoms with van der Waals surface area (Å²) in [6.07, 6.45) is 0.352. The van der Waals surface area contributed by atoms with E-state index < -0.39 is 0 Å². The molecule has 0 bridgehead atoms. The summed E-state index contributed by atoms with van der Waals surface area (Å²) in [5, 5.41) is 0. The van der Waals surface area contributed by atoms with E-state index in [1.165, 1.54) is 0 Å². The van der Waals surface area contributed by atoms with Gasteiger partial charge >= 0.3 is 5.97 Å². The molecule has 2 aromatic rings. The molecule has 0 N–H and O–H groups in total. The fourth-order valence-corrected chi connectivity index (χ4v) is 2.68. The lowest BCUT2D eigenvalue weighted by Crippen LogP contribution is -2.11. The van der Waals surface area contributed by atoms with Crippen LogP contribution in [0.2, 0.25) is 0 Å². The highest BCUT2D eigenvalue weighted by Crippen LogP contribution is 2.38. The Balaban J connectivity index is 1.63. The third-order valence-corrected chi connectivity index (χ3v) is 3.83. The fraction of sp³-hybridized carbons (Fsp3) is 0.316. The molecule has 1 aliphatic heterocycles. The van der Waals surface area contributed by atoms with Crippen molar-refractivity contribution in [2.75, 3.05) is 13.2 Å². The molecule has 1 aliphatic rings. The van der Waals surface area contributed by atoms with E-state index in [1.807, 2.05) is 55.5 Å². The molecule has 120 valence electrons. The Morgan fingerprint density at radius 3 is 2.83 bits per heavy atom. The Morgan fingerprint density at radius 2 is 2.04 bits per heavy atom. The molecule has 0 aliphatic carbocycles. The largest absolute Gasteiger partial charge is 0.492 e. The maximum absolute atomic E-state index is 11.6. The molecule has 0 amide bonds. The van der Waals surface area contributed by atoms with E-state index in [-0.39, 0.29) is 11.9 Å². The molecule has 0 saturated heterocycles. The molecule has 1 heterocycles. The number of ether oxygens (including phenoxy) is 3. The first-order valence-corrected chi connectivity index (χ1v) is 7.85. The van der Waals surface area contributed by atoms with E-state index in [9.17, 15) is 4.79 Å². The molecule has 0 spiro atoms. The van der Waals surface area contributed by atoms with Crippen molar-refractivity contribution in [1.29, 1.82) is 0 Å². The summed E-state index contributed by atoms with van der Waals surface area (Å²) in [4.78, 5) is 11.6. The molecule has 2 aromatic carbocycles. The topological polar surface area (TPSA) is 44.8 Å². The summed E-state index contributed by atoms with van der Waals surface area (Å²) >= 11 is 0. The molecule has 0 fully saturated rings. The molecule has 4 heteroatoms. The fourth-order valence-electron chi connectivity index (χ4n) is 2.68. The van der Waals surface area contributed by atoms with Gasteiger partial charge in [-0.05, 0) is 18.6 Å². The van der Waals surface area contributed by atoms with Gasteiger partial charge in [0.2, 0.25) is 0 Å². The zero-order valence-electron chi connectivity index (χ0n) is 13.2. The van der Waals surface area contributed by atoms with Crippen LogP contribution in [0.1, 0.15) is 30.4 Å². The predicted octanol–water partition coefficient (Wildman–Crippen LogP) is 3.69. The lowest BCUT2D eigenvalue weighted by atomic mass is 9.98. The first-order valence-electron chi connectivity index (χ1n) is 7.85. The zero-order chi connectivity index (χ0) is 16.1. The summed E-state index contributed by atoms with van der Waals surface area (Å²) in [6.45, 7) is 3.25. The van der Waals surface area contributed by atoms with Crippen molar-refractivity contribution in [2.45, 2.75) is 25.9 Å². The number of fused-ring (bicyclic) bond motifs is 1. The minimum absolute atomic E-state index is 0.0622. The monoisotopic (exact) mass is 312 g/mol. The van der Waals surface area contributed by atoms with E-state index in [2.05, 4.69) is 0 Å². The highest BCUT2D eigenvalue weighted by atomic mass is 16.5. The third-order valence-electron chi connectivity index (χ3n) is 3.83. The lowest BCUT2D eigenvalue weighted by molar-refractivity contribution is -0.143. The number of benzene rings is 2. The number of carbonyl (C=O) groups excluding carboxylic acids is 1. The Hall–Kier alpha value is -2.49. The second-order valence-electron chi connectivity index (χ2n) is 5.49. The van der Waals surface area contributed by atoms with E-state index >= 15 is 0 Å². The molecule has 0 saturated carbocycles. The van der Waals surface area contributed by atoms with Crippen molar-refractivity contribution in [3.63, 3.8) is 0 Å². The first kappa shape index (κ1) is 15.4. The van der Waals surface area contributed by atoms with Crippen LogP contribution in [0.25, 0.3) is 0 Å². The normalized spacial score (nSPS) is 15.6. The second-order valence-corrected chi connectivity index (χ2v) is 5.49. The maximum Gasteiger partial charge on any atom is 0.306 e. The van der Waals surface area contributed by atoms with Crippen molar-refractivity contribution in [3.8, 4) is 11.5 Å². The Bertz CT molecular complexity index is 666. The smallest absolute Gasteiger partial charge is 0.306 e. The zero-order valence-corrected chi connectivity index (χ0v) is 13.2. The van der Waals surface area contributed by atoms with Crippen LogP contribution in [0.5, 0.6) is 11.5 Å². The maximum atomic E-state index is 11.6. The molecule has 1 unspecified atom stereocenters. The Labute approximate surface area is 136 Å². The van der Waals surface area contributed by atoms with Crippen LogP contribution in [0.3, 0.4) is 0 Å². The predicted molar refractivity (Wildman–Crippen MR) is 86.7 cm³/mol.